The minimum atomic E-state index is -0.231. The molecule has 1 saturated heterocycles. The van der Waals surface area contributed by atoms with Crippen molar-refractivity contribution in [1.82, 2.24) is 15.1 Å². The Balaban J connectivity index is 2.01. The molecule has 1 heterocycles. The van der Waals surface area contributed by atoms with Gasteiger partial charge in [0.1, 0.15) is 6.54 Å². The highest BCUT2D eigenvalue weighted by molar-refractivity contribution is 5.93. The van der Waals surface area contributed by atoms with Gasteiger partial charge in [0.15, 0.2) is 0 Å². The van der Waals surface area contributed by atoms with Crippen LogP contribution in [-0.4, -0.2) is 55.5 Å². The largest absolute Gasteiger partial charge is 0.342 e. The molecule has 1 aliphatic heterocycles. The van der Waals surface area contributed by atoms with Gasteiger partial charge in [0.2, 0.25) is 5.91 Å². The molecule has 1 aliphatic rings. The van der Waals surface area contributed by atoms with Crippen LogP contribution >= 0.6 is 0 Å². The number of anilines is 1. The first kappa shape index (κ1) is 15.3. The highest BCUT2D eigenvalue weighted by Gasteiger charge is 2.24. The molecule has 6 heteroatoms. The van der Waals surface area contributed by atoms with E-state index in [0.29, 0.717) is 13.1 Å². The smallest absolute Gasteiger partial charge is 0.322 e. The maximum Gasteiger partial charge on any atom is 0.322 e. The Morgan fingerprint density at radius 1 is 1.33 bits per heavy atom. The maximum absolute atomic E-state index is 12.2. The zero-order chi connectivity index (χ0) is 15.4. The first-order chi connectivity index (χ1) is 10.0. The van der Waals surface area contributed by atoms with Crippen LogP contribution in [0.15, 0.2) is 24.3 Å². The number of hydrogen-bond acceptors (Lipinski definition) is 3. The number of nitrogens with zero attached hydrogens (tertiary/aromatic N) is 2. The third-order valence-corrected chi connectivity index (χ3v) is 3.82. The van der Waals surface area contributed by atoms with Crippen LogP contribution in [-0.2, 0) is 4.79 Å². The van der Waals surface area contributed by atoms with Crippen LogP contribution in [0.2, 0.25) is 0 Å². The second-order valence-corrected chi connectivity index (χ2v) is 5.30. The number of nitrogens with one attached hydrogen (secondary N) is 2. The van der Waals surface area contributed by atoms with Crippen molar-refractivity contribution in [2.45, 2.75) is 13.0 Å². The summed E-state index contributed by atoms with van der Waals surface area (Å²) in [6.45, 7) is 3.32. The van der Waals surface area contributed by atoms with Gasteiger partial charge in [-0.3, -0.25) is 4.79 Å². The monoisotopic (exact) mass is 290 g/mol. The molecule has 0 bridgehead atoms. The van der Waals surface area contributed by atoms with Crippen molar-refractivity contribution in [3.63, 3.8) is 0 Å². The quantitative estimate of drug-likeness (QED) is 0.881. The summed E-state index contributed by atoms with van der Waals surface area (Å²) in [5, 5.41) is 6.02. The molecule has 0 saturated carbocycles. The average Bonchev–Trinajstić information content (AvgIpc) is 2.49. The number of rotatable bonds is 3. The van der Waals surface area contributed by atoms with Gasteiger partial charge in [0.25, 0.3) is 0 Å². The van der Waals surface area contributed by atoms with E-state index >= 15 is 0 Å². The van der Waals surface area contributed by atoms with E-state index in [1.807, 2.05) is 31.3 Å². The topological polar surface area (TPSA) is 64.7 Å². The summed E-state index contributed by atoms with van der Waals surface area (Å²) in [6, 6.07) is 7.70. The van der Waals surface area contributed by atoms with Gasteiger partial charge in [0.05, 0.1) is 0 Å². The van der Waals surface area contributed by atoms with Gasteiger partial charge in [-0.25, -0.2) is 4.79 Å². The summed E-state index contributed by atoms with van der Waals surface area (Å²) < 4.78 is 0. The average molecular weight is 290 g/mol. The van der Waals surface area contributed by atoms with Gasteiger partial charge in [-0.2, -0.15) is 0 Å². The molecule has 2 rings (SSSR count). The maximum atomic E-state index is 12.2. The molecule has 1 fully saturated rings. The predicted molar refractivity (Wildman–Crippen MR) is 82.1 cm³/mol. The lowest BCUT2D eigenvalue weighted by Crippen LogP contribution is -2.51. The number of carbonyl (C=O) groups is 2. The molecule has 114 valence electrons. The van der Waals surface area contributed by atoms with E-state index in [1.54, 1.807) is 11.9 Å². The fourth-order valence-corrected chi connectivity index (χ4v) is 2.19. The Labute approximate surface area is 125 Å². The molecule has 1 unspecified atom stereocenters. The fourth-order valence-electron chi connectivity index (χ4n) is 2.19. The number of urea groups is 1. The summed E-state index contributed by atoms with van der Waals surface area (Å²) in [7, 11) is 3.64. The van der Waals surface area contributed by atoms with Crippen molar-refractivity contribution in [3.05, 3.63) is 29.8 Å². The van der Waals surface area contributed by atoms with Crippen LogP contribution in [0.3, 0.4) is 0 Å². The molecule has 0 aliphatic carbocycles. The molecule has 0 spiro atoms. The lowest BCUT2D eigenvalue weighted by atomic mass is 10.1. The first-order valence-electron chi connectivity index (χ1n) is 7.08. The summed E-state index contributed by atoms with van der Waals surface area (Å²) >= 11 is 0. The number of piperazine rings is 1. The van der Waals surface area contributed by atoms with E-state index in [9.17, 15) is 9.59 Å². The number of amides is 3. The molecule has 21 heavy (non-hydrogen) atoms. The molecule has 6 nitrogen and oxygen atoms in total. The Morgan fingerprint density at radius 3 is 2.76 bits per heavy atom. The van der Waals surface area contributed by atoms with E-state index < -0.39 is 0 Å². The Bertz CT molecular complexity index is 532. The molecular formula is C15H22N4O2. The van der Waals surface area contributed by atoms with Crippen LogP contribution in [0.1, 0.15) is 18.5 Å². The van der Waals surface area contributed by atoms with Crippen LogP contribution in [0.5, 0.6) is 0 Å². The molecule has 0 radical (unpaired) electrons. The van der Waals surface area contributed by atoms with Crippen molar-refractivity contribution in [2.24, 2.45) is 0 Å². The van der Waals surface area contributed by atoms with Gasteiger partial charge < -0.3 is 20.4 Å². The third kappa shape index (κ3) is 3.72. The van der Waals surface area contributed by atoms with E-state index in [1.165, 1.54) is 4.90 Å². The lowest BCUT2D eigenvalue weighted by Gasteiger charge is -2.32. The number of likely N-dealkylation sites (N-methyl/N-ethyl adjacent to an activating group) is 1. The Hall–Kier alpha value is -2.08. The van der Waals surface area contributed by atoms with Gasteiger partial charge in [-0.15, -0.1) is 0 Å². The van der Waals surface area contributed by atoms with E-state index in [4.69, 9.17) is 0 Å². The van der Waals surface area contributed by atoms with Crippen molar-refractivity contribution in [2.75, 3.05) is 39.0 Å². The number of benzene rings is 1. The molecule has 1 atom stereocenters. The molecule has 3 amide bonds. The highest BCUT2D eigenvalue weighted by Crippen LogP contribution is 2.17. The summed E-state index contributed by atoms with van der Waals surface area (Å²) in [4.78, 5) is 27.0. The van der Waals surface area contributed by atoms with Gasteiger partial charge in [-0.05, 0) is 31.7 Å². The number of carbonyl (C=O) groups excluding carboxylic acids is 2. The first-order valence-corrected chi connectivity index (χ1v) is 7.08. The van der Waals surface area contributed by atoms with Crippen molar-refractivity contribution in [1.29, 1.82) is 0 Å². The zero-order valence-corrected chi connectivity index (χ0v) is 12.7. The predicted octanol–water partition coefficient (Wildman–Crippen LogP) is 1.27. The second kappa shape index (κ2) is 6.58. The fraction of sp³-hybridized carbons (Fsp3) is 0.467. The van der Waals surface area contributed by atoms with Crippen molar-refractivity contribution >= 4 is 17.6 Å². The van der Waals surface area contributed by atoms with Crippen LogP contribution in [0.25, 0.3) is 0 Å². The van der Waals surface area contributed by atoms with E-state index in [2.05, 4.69) is 17.6 Å². The summed E-state index contributed by atoms with van der Waals surface area (Å²) in [5.74, 6) is -0.0334. The van der Waals surface area contributed by atoms with Crippen molar-refractivity contribution in [3.8, 4) is 0 Å². The van der Waals surface area contributed by atoms with Crippen molar-refractivity contribution < 1.29 is 9.59 Å². The normalized spacial score (nSPS) is 16.8. The van der Waals surface area contributed by atoms with E-state index in [0.717, 1.165) is 11.3 Å². The standard InChI is InChI=1S/C15H22N4O2/c1-11(16-2)12-5-4-6-13(9-12)17-15(21)19-8-7-18(3)14(20)10-19/h4-6,9,11,16H,7-8,10H2,1-3H3,(H,17,21). The minimum Gasteiger partial charge on any atom is -0.342 e. The van der Waals surface area contributed by atoms with Gasteiger partial charge in [-0.1, -0.05) is 12.1 Å². The zero-order valence-electron chi connectivity index (χ0n) is 12.7. The van der Waals surface area contributed by atoms with Crippen LogP contribution in [0.4, 0.5) is 10.5 Å². The van der Waals surface area contributed by atoms with Gasteiger partial charge >= 0.3 is 6.03 Å². The summed E-state index contributed by atoms with van der Waals surface area (Å²) in [6.07, 6.45) is 0. The van der Waals surface area contributed by atoms with Gasteiger partial charge in [0, 0.05) is 31.9 Å². The minimum absolute atomic E-state index is 0.0334. The molecular weight excluding hydrogens is 268 g/mol. The third-order valence-electron chi connectivity index (χ3n) is 3.82. The van der Waals surface area contributed by atoms with Crippen LogP contribution in [0, 0.1) is 0 Å². The Morgan fingerprint density at radius 2 is 2.10 bits per heavy atom. The highest BCUT2D eigenvalue weighted by atomic mass is 16.2. The number of hydrogen-bond donors (Lipinski definition) is 2. The van der Waals surface area contributed by atoms with Crippen LogP contribution < -0.4 is 10.6 Å². The molecule has 2 N–H and O–H groups in total. The molecule has 1 aromatic rings. The molecule has 1 aromatic carbocycles. The SMILES string of the molecule is CNC(C)c1cccc(NC(=O)N2CCN(C)C(=O)C2)c1. The Kier molecular flexibility index (Phi) is 4.80. The van der Waals surface area contributed by atoms with E-state index in [-0.39, 0.29) is 24.5 Å². The lowest BCUT2D eigenvalue weighted by molar-refractivity contribution is -0.133. The second-order valence-electron chi connectivity index (χ2n) is 5.30. The summed E-state index contributed by atoms with van der Waals surface area (Å²) in [5.41, 5.74) is 1.84. The molecule has 0 aromatic heterocycles.